The first-order chi connectivity index (χ1) is 8.95. The lowest BCUT2D eigenvalue weighted by Gasteiger charge is -2.19. The predicted octanol–water partition coefficient (Wildman–Crippen LogP) is 1.29. The molecule has 1 heterocycles. The van der Waals surface area contributed by atoms with Gasteiger partial charge in [-0.05, 0) is 30.7 Å². The van der Waals surface area contributed by atoms with E-state index in [0.29, 0.717) is 6.42 Å². The highest BCUT2D eigenvalue weighted by molar-refractivity contribution is 7.89. The van der Waals surface area contributed by atoms with Crippen LogP contribution in [0.25, 0.3) is 0 Å². The maximum Gasteiger partial charge on any atom is 0.347 e. The zero-order valence-corrected chi connectivity index (χ0v) is 12.0. The van der Waals surface area contributed by atoms with Crippen LogP contribution in [-0.4, -0.2) is 38.7 Å². The van der Waals surface area contributed by atoms with Gasteiger partial charge in [-0.3, -0.25) is 0 Å². The molecule has 2 N–H and O–H groups in total. The second-order valence-electron chi connectivity index (χ2n) is 4.35. The molecule has 1 aliphatic rings. The molecule has 0 spiro atoms. The molecule has 0 radical (unpaired) electrons. The van der Waals surface area contributed by atoms with Gasteiger partial charge in [-0.25, -0.2) is 17.9 Å². The number of methoxy groups -OCH3 is 1. The number of carboxylic acid groups (broad SMARTS) is 1. The fourth-order valence-electron chi connectivity index (χ4n) is 2.27. The first-order valence-corrected chi connectivity index (χ1v) is 8.18. The van der Waals surface area contributed by atoms with Gasteiger partial charge < -0.3 is 9.84 Å². The molecule has 19 heavy (non-hydrogen) atoms. The second-order valence-corrected chi connectivity index (χ2v) is 6.95. The smallest absolute Gasteiger partial charge is 0.347 e. The number of nitrogens with one attached hydrogen (secondary N) is 1. The summed E-state index contributed by atoms with van der Waals surface area (Å²) in [5, 5.41) is 10.4. The van der Waals surface area contributed by atoms with Crippen molar-refractivity contribution in [1.29, 1.82) is 0 Å². The van der Waals surface area contributed by atoms with E-state index < -0.39 is 16.0 Å². The summed E-state index contributed by atoms with van der Waals surface area (Å²) in [6.07, 6.45) is 2.24. The maximum absolute atomic E-state index is 12.2. The van der Waals surface area contributed by atoms with Crippen molar-refractivity contribution < 1.29 is 23.1 Å². The standard InChI is InChI=1S/C11H15NO5S2/c1-17-8-4-2-3-7(8)12-19(15,16)9-5-6-18-10(9)11(13)14/h5-8,12H,2-4H2,1H3,(H,13,14). The van der Waals surface area contributed by atoms with E-state index in [1.807, 2.05) is 0 Å². The second kappa shape index (κ2) is 5.58. The zero-order valence-electron chi connectivity index (χ0n) is 10.3. The van der Waals surface area contributed by atoms with Gasteiger partial charge in [-0.1, -0.05) is 0 Å². The molecule has 0 bridgehead atoms. The van der Waals surface area contributed by atoms with Crippen molar-refractivity contribution in [3.8, 4) is 0 Å². The van der Waals surface area contributed by atoms with E-state index in [1.54, 1.807) is 7.11 Å². The number of aromatic carboxylic acids is 1. The molecule has 0 amide bonds. The number of hydrogen-bond donors (Lipinski definition) is 2. The minimum absolute atomic E-state index is 0.151. The largest absolute Gasteiger partial charge is 0.477 e. The van der Waals surface area contributed by atoms with Gasteiger partial charge in [-0.2, -0.15) is 0 Å². The van der Waals surface area contributed by atoms with E-state index >= 15 is 0 Å². The Morgan fingerprint density at radius 2 is 2.26 bits per heavy atom. The van der Waals surface area contributed by atoms with Gasteiger partial charge in [0, 0.05) is 13.2 Å². The summed E-state index contributed by atoms with van der Waals surface area (Å²) in [6, 6.07) is 1.02. The molecule has 1 aromatic heterocycles. The minimum atomic E-state index is -3.82. The van der Waals surface area contributed by atoms with Crippen LogP contribution in [0.3, 0.4) is 0 Å². The Labute approximate surface area is 115 Å². The molecule has 0 aliphatic heterocycles. The van der Waals surface area contributed by atoms with Crippen LogP contribution in [0.2, 0.25) is 0 Å². The summed E-state index contributed by atoms with van der Waals surface area (Å²) in [5.41, 5.74) is 0. The Morgan fingerprint density at radius 1 is 1.53 bits per heavy atom. The summed E-state index contributed by atoms with van der Waals surface area (Å²) in [5.74, 6) is -1.23. The monoisotopic (exact) mass is 305 g/mol. The maximum atomic E-state index is 12.2. The van der Waals surface area contributed by atoms with Crippen molar-refractivity contribution in [1.82, 2.24) is 4.72 Å². The summed E-state index contributed by atoms with van der Waals surface area (Å²) in [6.45, 7) is 0. The number of carbonyl (C=O) groups is 1. The van der Waals surface area contributed by atoms with Crippen LogP contribution < -0.4 is 4.72 Å². The van der Waals surface area contributed by atoms with E-state index in [2.05, 4.69) is 4.72 Å². The number of thiophene rings is 1. The van der Waals surface area contributed by atoms with Crippen molar-refractivity contribution in [3.05, 3.63) is 16.3 Å². The highest BCUT2D eigenvalue weighted by Crippen LogP contribution is 2.26. The van der Waals surface area contributed by atoms with Crippen LogP contribution in [0.15, 0.2) is 16.3 Å². The number of ether oxygens (including phenoxy) is 1. The van der Waals surface area contributed by atoms with Crippen molar-refractivity contribution in [2.75, 3.05) is 7.11 Å². The Morgan fingerprint density at radius 3 is 2.89 bits per heavy atom. The molecule has 1 fully saturated rings. The first kappa shape index (κ1) is 14.4. The van der Waals surface area contributed by atoms with E-state index in [4.69, 9.17) is 9.84 Å². The Kier molecular flexibility index (Phi) is 4.24. The lowest BCUT2D eigenvalue weighted by molar-refractivity contribution is 0.0698. The summed E-state index contributed by atoms with van der Waals surface area (Å²) >= 11 is 0.899. The molecule has 6 nitrogen and oxygen atoms in total. The summed E-state index contributed by atoms with van der Waals surface area (Å²) in [4.78, 5) is 10.6. The highest BCUT2D eigenvalue weighted by Gasteiger charge is 2.33. The van der Waals surface area contributed by atoms with Crippen molar-refractivity contribution in [2.45, 2.75) is 36.3 Å². The molecule has 8 heteroatoms. The van der Waals surface area contributed by atoms with Crippen LogP contribution >= 0.6 is 11.3 Å². The fraction of sp³-hybridized carbons (Fsp3) is 0.545. The molecule has 2 rings (SSSR count). The van der Waals surface area contributed by atoms with Crippen LogP contribution in [-0.2, 0) is 14.8 Å². The number of rotatable bonds is 5. The van der Waals surface area contributed by atoms with Gasteiger partial charge in [-0.15, -0.1) is 11.3 Å². The molecule has 0 aromatic carbocycles. The summed E-state index contributed by atoms with van der Waals surface area (Å²) in [7, 11) is -2.27. The number of hydrogen-bond acceptors (Lipinski definition) is 5. The first-order valence-electron chi connectivity index (χ1n) is 5.81. The molecule has 0 saturated heterocycles. The SMILES string of the molecule is COC1CCCC1NS(=O)(=O)c1ccsc1C(=O)O. The van der Waals surface area contributed by atoms with Crippen LogP contribution in [0.4, 0.5) is 0 Å². The van der Waals surface area contributed by atoms with Gasteiger partial charge in [0.15, 0.2) is 0 Å². The topological polar surface area (TPSA) is 92.7 Å². The van der Waals surface area contributed by atoms with Crippen LogP contribution in [0, 0.1) is 0 Å². The average Bonchev–Trinajstić information content (AvgIpc) is 2.95. The Bertz CT molecular complexity index is 565. The van der Waals surface area contributed by atoms with Gasteiger partial charge in [0.1, 0.15) is 9.77 Å². The molecule has 1 aromatic rings. The average molecular weight is 305 g/mol. The lowest BCUT2D eigenvalue weighted by Crippen LogP contribution is -2.40. The zero-order chi connectivity index (χ0) is 14.0. The van der Waals surface area contributed by atoms with Gasteiger partial charge in [0.2, 0.25) is 10.0 Å². The quantitative estimate of drug-likeness (QED) is 0.855. The van der Waals surface area contributed by atoms with Gasteiger partial charge >= 0.3 is 5.97 Å². The van der Waals surface area contributed by atoms with Crippen LogP contribution in [0.5, 0.6) is 0 Å². The fourth-order valence-corrected chi connectivity index (χ4v) is 4.83. The van der Waals surface area contributed by atoms with E-state index in [0.717, 1.165) is 24.2 Å². The molecule has 106 valence electrons. The van der Waals surface area contributed by atoms with E-state index in [9.17, 15) is 13.2 Å². The normalized spacial score (nSPS) is 23.6. The van der Waals surface area contributed by atoms with E-state index in [-0.39, 0.29) is 21.9 Å². The molecule has 2 atom stereocenters. The lowest BCUT2D eigenvalue weighted by atomic mass is 10.2. The van der Waals surface area contributed by atoms with E-state index in [1.165, 1.54) is 11.4 Å². The third-order valence-corrected chi connectivity index (χ3v) is 5.74. The van der Waals surface area contributed by atoms with Crippen LogP contribution in [0.1, 0.15) is 28.9 Å². The third kappa shape index (κ3) is 2.97. The summed E-state index contributed by atoms with van der Waals surface area (Å²) < 4.78 is 32.2. The molecular weight excluding hydrogens is 290 g/mol. The predicted molar refractivity (Wildman–Crippen MR) is 70.0 cm³/mol. The minimum Gasteiger partial charge on any atom is -0.477 e. The molecule has 1 aliphatic carbocycles. The Hall–Kier alpha value is -0.960. The van der Waals surface area contributed by atoms with Crippen molar-refractivity contribution >= 4 is 27.3 Å². The molecule has 1 saturated carbocycles. The van der Waals surface area contributed by atoms with Crippen molar-refractivity contribution in [3.63, 3.8) is 0 Å². The number of sulfonamides is 1. The third-order valence-electron chi connectivity index (χ3n) is 3.17. The molecule has 2 unspecified atom stereocenters. The highest BCUT2D eigenvalue weighted by atomic mass is 32.2. The van der Waals surface area contributed by atoms with Crippen molar-refractivity contribution in [2.24, 2.45) is 0 Å². The number of carboxylic acids is 1. The molecular formula is C11H15NO5S2. The van der Waals surface area contributed by atoms with Gasteiger partial charge in [0.05, 0.1) is 6.10 Å². The van der Waals surface area contributed by atoms with Gasteiger partial charge in [0.25, 0.3) is 0 Å². The Balaban J connectivity index is 2.23.